The first kappa shape index (κ1) is 19.2. The molecule has 0 fully saturated rings. The molecule has 0 aliphatic carbocycles. The summed E-state index contributed by atoms with van der Waals surface area (Å²) in [4.78, 5) is 16.4. The van der Waals surface area contributed by atoms with Gasteiger partial charge >= 0.3 is 5.82 Å². The molecule has 0 spiro atoms. The Morgan fingerprint density at radius 1 is 0.967 bits per heavy atom. The minimum absolute atomic E-state index is 0.310. The molecule has 0 saturated carbocycles. The maximum Gasteiger partial charge on any atom is 0.438 e. The minimum atomic E-state index is -0.705. The molecule has 0 aliphatic heterocycles. The van der Waals surface area contributed by atoms with Gasteiger partial charge in [0.2, 0.25) is 0 Å². The number of halogens is 1. The van der Waals surface area contributed by atoms with Crippen molar-refractivity contribution >= 4 is 23.1 Å². The van der Waals surface area contributed by atoms with E-state index in [1.165, 1.54) is 0 Å². The number of ether oxygens (including phenoxy) is 1. The second-order valence-corrected chi connectivity index (χ2v) is 6.52. The lowest BCUT2D eigenvalue weighted by Gasteiger charge is -2.05. The van der Waals surface area contributed by atoms with E-state index in [4.69, 9.17) is 16.3 Å². The first-order valence-electron chi connectivity index (χ1n) is 8.71. The van der Waals surface area contributed by atoms with Crippen LogP contribution in [0.1, 0.15) is 0 Å². The van der Waals surface area contributed by atoms with Crippen molar-refractivity contribution in [2.45, 2.75) is 0 Å². The molecular weight excluding hydrogens is 410 g/mol. The zero-order chi connectivity index (χ0) is 21.1. The molecule has 1 N–H and O–H groups in total. The third kappa shape index (κ3) is 4.01. The Bertz CT molecular complexity index is 1250. The predicted octanol–water partition coefficient (Wildman–Crippen LogP) is 4.50. The predicted molar refractivity (Wildman–Crippen MR) is 109 cm³/mol. The Hall–Kier alpha value is -4.11. The highest BCUT2D eigenvalue weighted by Crippen LogP contribution is 2.25. The van der Waals surface area contributed by atoms with E-state index in [9.17, 15) is 15.3 Å². The van der Waals surface area contributed by atoms with Crippen LogP contribution in [0.15, 0.2) is 83.9 Å². The summed E-state index contributed by atoms with van der Waals surface area (Å²) in [5.74, 6) is 0.572. The molecule has 1 heterocycles. The van der Waals surface area contributed by atoms with Gasteiger partial charge in [-0.2, -0.15) is 0 Å². The summed E-state index contributed by atoms with van der Waals surface area (Å²) in [6.45, 7) is 0. The van der Waals surface area contributed by atoms with Gasteiger partial charge in [-0.3, -0.25) is 0 Å². The molecule has 0 aliphatic rings. The molecular formula is C20H14ClN5O4. The van der Waals surface area contributed by atoms with Gasteiger partial charge < -0.3 is 20.1 Å². The Kier molecular flexibility index (Phi) is 5.19. The molecule has 9 nitrogen and oxygen atoms in total. The Balaban J connectivity index is 1.68. The largest absolute Gasteiger partial charge is 0.457 e. The van der Waals surface area contributed by atoms with Gasteiger partial charge in [-0.1, -0.05) is 34.6 Å². The lowest BCUT2D eigenvalue weighted by molar-refractivity contribution is -0.391. The second-order valence-electron chi connectivity index (χ2n) is 6.08. The molecule has 0 unspecified atom stereocenters. The molecule has 0 amide bonds. The molecule has 150 valence electrons. The van der Waals surface area contributed by atoms with Gasteiger partial charge in [0.1, 0.15) is 17.2 Å². The summed E-state index contributed by atoms with van der Waals surface area (Å²) in [5.41, 5.74) is 0.503. The maximum atomic E-state index is 11.4. The van der Waals surface area contributed by atoms with Crippen molar-refractivity contribution in [2.75, 3.05) is 0 Å². The van der Waals surface area contributed by atoms with Crippen LogP contribution in [0.25, 0.3) is 5.69 Å². The maximum absolute atomic E-state index is 11.4. The van der Waals surface area contributed by atoms with Crippen LogP contribution in [0.3, 0.4) is 0 Å². The first-order chi connectivity index (χ1) is 14.5. The Morgan fingerprint density at radius 3 is 2.17 bits per heavy atom. The van der Waals surface area contributed by atoms with Crippen molar-refractivity contribution in [3.8, 4) is 17.2 Å². The number of hydrogen-bond acceptors (Lipinski definition) is 6. The Morgan fingerprint density at radius 2 is 1.57 bits per heavy atom. The van der Waals surface area contributed by atoms with Crippen LogP contribution in [-0.4, -0.2) is 24.9 Å². The lowest BCUT2D eigenvalue weighted by Crippen LogP contribution is -2.21. The first-order valence-corrected chi connectivity index (χ1v) is 9.09. The summed E-state index contributed by atoms with van der Waals surface area (Å²) in [5, 5.41) is 26.3. The number of rotatable bonds is 5. The summed E-state index contributed by atoms with van der Waals surface area (Å²) < 4.78 is 5.71. The van der Waals surface area contributed by atoms with Crippen LogP contribution in [0.2, 0.25) is 5.02 Å². The zero-order valence-corrected chi connectivity index (χ0v) is 16.0. The fourth-order valence-electron chi connectivity index (χ4n) is 2.65. The Labute approximate surface area is 174 Å². The van der Waals surface area contributed by atoms with Crippen LogP contribution in [0.5, 0.6) is 11.5 Å². The third-order valence-corrected chi connectivity index (χ3v) is 4.29. The number of hydrogen-bond donors (Lipinski definition) is 1. The van der Waals surface area contributed by atoms with E-state index in [1.807, 2.05) is 0 Å². The highest BCUT2D eigenvalue weighted by Gasteiger charge is 2.24. The van der Waals surface area contributed by atoms with Gasteiger partial charge in [0.15, 0.2) is 0 Å². The SMILES string of the molecule is O=[N+]([O-])c1nn(-c2ccccc2)n(O)c1=Nc1ccc(Oc2ccc(Cl)cc2)cc1. The quantitative estimate of drug-likeness (QED) is 0.289. The molecule has 4 aromatic rings. The van der Waals surface area contributed by atoms with Crippen LogP contribution in [0, 0.1) is 10.1 Å². The highest BCUT2D eigenvalue weighted by molar-refractivity contribution is 6.30. The van der Waals surface area contributed by atoms with Crippen molar-refractivity contribution in [3.05, 3.63) is 99.5 Å². The fourth-order valence-corrected chi connectivity index (χ4v) is 2.77. The average molecular weight is 424 g/mol. The molecule has 0 atom stereocenters. The molecule has 1 aromatic heterocycles. The van der Waals surface area contributed by atoms with E-state index in [1.54, 1.807) is 78.9 Å². The van der Waals surface area contributed by atoms with Crippen LogP contribution in [-0.2, 0) is 0 Å². The van der Waals surface area contributed by atoms with E-state index in [-0.39, 0.29) is 5.49 Å². The van der Waals surface area contributed by atoms with Crippen LogP contribution < -0.4 is 10.2 Å². The highest BCUT2D eigenvalue weighted by atomic mass is 35.5. The van der Waals surface area contributed by atoms with Crippen molar-refractivity contribution in [1.82, 2.24) is 14.7 Å². The molecule has 10 heteroatoms. The number of aromatic nitrogens is 3. The average Bonchev–Trinajstić information content (AvgIpc) is 3.08. The fraction of sp³-hybridized carbons (Fsp3) is 0. The summed E-state index contributed by atoms with van der Waals surface area (Å²) in [6.07, 6.45) is 0. The van der Waals surface area contributed by atoms with E-state index in [2.05, 4.69) is 10.1 Å². The van der Waals surface area contributed by atoms with Crippen molar-refractivity contribution < 1.29 is 14.9 Å². The van der Waals surface area contributed by atoms with Gasteiger partial charge in [-0.15, -0.1) is 0 Å². The molecule has 30 heavy (non-hydrogen) atoms. The van der Waals surface area contributed by atoms with Gasteiger partial charge in [0.05, 0.1) is 10.8 Å². The molecule has 0 bridgehead atoms. The number of nitro groups is 1. The lowest BCUT2D eigenvalue weighted by atomic mass is 10.3. The van der Waals surface area contributed by atoms with Crippen LogP contribution >= 0.6 is 11.6 Å². The van der Waals surface area contributed by atoms with Gasteiger partial charge in [-0.25, -0.2) is 4.99 Å². The van der Waals surface area contributed by atoms with Gasteiger partial charge in [0.25, 0.3) is 5.49 Å². The van der Waals surface area contributed by atoms with Crippen molar-refractivity contribution in [2.24, 2.45) is 4.99 Å². The third-order valence-electron chi connectivity index (χ3n) is 4.04. The molecule has 4 rings (SSSR count). The molecule has 0 radical (unpaired) electrons. The minimum Gasteiger partial charge on any atom is -0.457 e. The van der Waals surface area contributed by atoms with Crippen molar-refractivity contribution in [3.63, 3.8) is 0 Å². The van der Waals surface area contributed by atoms with Crippen molar-refractivity contribution in [1.29, 1.82) is 0 Å². The topological polar surface area (TPSA) is 108 Å². The monoisotopic (exact) mass is 423 g/mol. The van der Waals surface area contributed by atoms with E-state index < -0.39 is 10.7 Å². The summed E-state index contributed by atoms with van der Waals surface area (Å²) >= 11 is 5.86. The summed E-state index contributed by atoms with van der Waals surface area (Å²) in [6, 6.07) is 21.9. The normalized spacial score (nSPS) is 11.4. The van der Waals surface area contributed by atoms with Gasteiger partial charge in [-0.05, 0) is 70.4 Å². The number of para-hydroxylation sites is 1. The van der Waals surface area contributed by atoms with Crippen LogP contribution in [0.4, 0.5) is 11.5 Å². The van der Waals surface area contributed by atoms with Gasteiger partial charge in [0, 0.05) is 5.02 Å². The second kappa shape index (κ2) is 8.10. The number of nitrogens with zero attached hydrogens (tertiary/aromatic N) is 5. The standard InChI is InChI=1S/C20H14ClN5O4/c21-14-6-10-17(11-7-14)30-18-12-8-15(9-13-18)22-19-20(26(28)29)23-24(25(19)27)16-4-2-1-3-5-16/h1-13,27H. The van der Waals surface area contributed by atoms with E-state index in [0.717, 1.165) is 4.80 Å². The van der Waals surface area contributed by atoms with E-state index in [0.29, 0.717) is 32.7 Å². The smallest absolute Gasteiger partial charge is 0.438 e. The van der Waals surface area contributed by atoms with E-state index >= 15 is 0 Å². The number of benzene rings is 3. The summed E-state index contributed by atoms with van der Waals surface area (Å²) in [7, 11) is 0. The molecule has 0 saturated heterocycles. The molecule has 3 aromatic carbocycles. The zero-order valence-electron chi connectivity index (χ0n) is 15.3.